The van der Waals surface area contributed by atoms with Gasteiger partial charge in [0, 0.05) is 0 Å². The number of rotatable bonds is 3. The Hall–Kier alpha value is -1.19. The van der Waals surface area contributed by atoms with Crippen LogP contribution < -0.4 is 8.19 Å². The fraction of sp³-hybridized carbons (Fsp3) is 0.0769. The number of nitrogens with one attached hydrogen (secondary N) is 1. The molecular weight excluding hydrogens is 470 g/mol. The summed E-state index contributed by atoms with van der Waals surface area (Å²) in [6.07, 6.45) is 1.67. The Labute approximate surface area is 137 Å². The van der Waals surface area contributed by atoms with Crippen molar-refractivity contribution in [3.05, 3.63) is 52.7 Å². The molecule has 0 unspecified atom stereocenters. The van der Waals surface area contributed by atoms with Crippen LogP contribution in [0.25, 0.3) is 0 Å². The van der Waals surface area contributed by atoms with E-state index < -0.39 is 0 Å². The Morgan fingerprint density at radius 1 is 1.40 bits per heavy atom. The first-order valence-electron chi connectivity index (χ1n) is 5.74. The molecule has 0 saturated carbocycles. The van der Waals surface area contributed by atoms with E-state index in [1.807, 2.05) is 13.0 Å². The molecule has 0 spiro atoms. The molecule has 100 valence electrons. The SMILES string of the molecule is Cc1ccc(NC(=O)c2cc(Cl)ccc2[N](O)[Tl])nc1. The zero-order valence-corrected chi connectivity index (χ0v) is 15.9. The topological polar surface area (TPSA) is 65.5 Å². The Morgan fingerprint density at radius 3 is 2.75 bits per heavy atom. The predicted molar refractivity (Wildman–Crippen MR) is 78.4 cm³/mol. The fourth-order valence-electron chi connectivity index (χ4n) is 1.62. The minimum atomic E-state index is -0.362. The average molecular weight is 481 g/mol. The second kappa shape index (κ2) is 6.51. The molecule has 5 nitrogen and oxygen atoms in total. The van der Waals surface area contributed by atoms with Crippen LogP contribution in [0.15, 0.2) is 36.5 Å². The molecule has 7 heteroatoms. The molecule has 20 heavy (non-hydrogen) atoms. The summed E-state index contributed by atoms with van der Waals surface area (Å²) in [6, 6.07) is 8.33. The zero-order valence-electron chi connectivity index (χ0n) is 10.7. The van der Waals surface area contributed by atoms with Gasteiger partial charge >= 0.3 is 138 Å². The van der Waals surface area contributed by atoms with Gasteiger partial charge in [-0.3, -0.25) is 0 Å². The number of pyridine rings is 1. The van der Waals surface area contributed by atoms with Crippen LogP contribution in [-0.4, -0.2) is 42.2 Å². The molecule has 0 aliphatic rings. The summed E-state index contributed by atoms with van der Waals surface area (Å²) >= 11 is 6.06. The maximum atomic E-state index is 12.2. The van der Waals surface area contributed by atoms with Crippen molar-refractivity contribution in [2.75, 3.05) is 8.19 Å². The summed E-state index contributed by atoms with van der Waals surface area (Å²) in [5.41, 5.74) is 1.75. The Balaban J connectivity index is 2.28. The number of amides is 1. The normalized spacial score (nSPS) is 10.1. The Morgan fingerprint density at radius 2 is 2.15 bits per heavy atom. The third kappa shape index (κ3) is 3.68. The molecule has 2 N–H and O–H groups in total. The third-order valence-electron chi connectivity index (χ3n) is 2.60. The van der Waals surface area contributed by atoms with Crippen LogP contribution >= 0.6 is 11.6 Å². The summed E-state index contributed by atoms with van der Waals surface area (Å²) in [5.74, 6) is 0.0883. The van der Waals surface area contributed by atoms with Crippen molar-refractivity contribution in [1.82, 2.24) is 4.98 Å². The van der Waals surface area contributed by atoms with Crippen molar-refractivity contribution in [3.8, 4) is 0 Å². The standard InChI is InChI=1S/C13H12ClN3O2.Tl/c1-8-2-5-12(15-7-8)16-13(18)10-6-9(14)3-4-11(10)17-19;/h2-7H,1H3,(H3,15,16,17,18,19);/q;+1/p-1. The Bertz CT molecular complexity index is 632. The van der Waals surface area contributed by atoms with E-state index in [-0.39, 0.29) is 32.0 Å². The number of carbonyl (C=O) groups is 1. The summed E-state index contributed by atoms with van der Waals surface area (Å²) in [6.45, 7) is 1.92. The number of aryl methyl sites for hydroxylation is 1. The molecule has 0 bridgehead atoms. The van der Waals surface area contributed by atoms with Gasteiger partial charge in [0.25, 0.3) is 0 Å². The molecule has 0 aliphatic carbocycles. The van der Waals surface area contributed by atoms with E-state index in [1.54, 1.807) is 24.4 Å². The van der Waals surface area contributed by atoms with Gasteiger partial charge in [-0.15, -0.1) is 0 Å². The average Bonchev–Trinajstić information content (AvgIpc) is 2.41. The van der Waals surface area contributed by atoms with Crippen LogP contribution in [0.1, 0.15) is 15.9 Å². The summed E-state index contributed by atoms with van der Waals surface area (Å²) in [7, 11) is 0. The van der Waals surface area contributed by atoms with Gasteiger partial charge in [0.1, 0.15) is 0 Å². The quantitative estimate of drug-likeness (QED) is 0.523. The summed E-state index contributed by atoms with van der Waals surface area (Å²) in [5, 5.41) is 12.7. The van der Waals surface area contributed by atoms with E-state index in [4.69, 9.17) is 11.6 Å². The minimum absolute atomic E-state index is 0.158. The van der Waals surface area contributed by atoms with Crippen molar-refractivity contribution in [2.24, 2.45) is 0 Å². The third-order valence-corrected chi connectivity index (χ3v) is 3.92. The van der Waals surface area contributed by atoms with Crippen LogP contribution in [0.5, 0.6) is 0 Å². The molecule has 0 atom stereocenters. The zero-order chi connectivity index (χ0) is 14.7. The number of aromatic nitrogens is 1. The summed E-state index contributed by atoms with van der Waals surface area (Å²) < 4.78 is 1.04. The number of anilines is 2. The van der Waals surface area contributed by atoms with Crippen LogP contribution in [0, 0.1) is 6.92 Å². The number of carbonyl (C=O) groups excluding carboxylic acids is 1. The molecule has 2 aromatic rings. The van der Waals surface area contributed by atoms with E-state index in [0.29, 0.717) is 22.1 Å². The van der Waals surface area contributed by atoms with E-state index >= 15 is 0 Å². The molecule has 0 fully saturated rings. The monoisotopic (exact) mass is 481 g/mol. The summed E-state index contributed by atoms with van der Waals surface area (Å²) in [4.78, 5) is 16.4. The van der Waals surface area contributed by atoms with Crippen molar-refractivity contribution in [1.29, 1.82) is 0 Å². The molecule has 0 saturated heterocycles. The molecule has 0 radical (unpaired) electrons. The van der Waals surface area contributed by atoms with Gasteiger partial charge in [-0.05, 0) is 0 Å². The molecule has 1 amide bonds. The van der Waals surface area contributed by atoms with Crippen LogP contribution in [0.2, 0.25) is 5.02 Å². The number of halogens is 1. The number of hydrogen-bond donors (Lipinski definition) is 2. The Kier molecular flexibility index (Phi) is 4.95. The van der Waals surface area contributed by atoms with Gasteiger partial charge in [0.05, 0.1) is 0 Å². The van der Waals surface area contributed by atoms with Gasteiger partial charge in [0.15, 0.2) is 0 Å². The van der Waals surface area contributed by atoms with E-state index in [1.165, 1.54) is 6.07 Å². The van der Waals surface area contributed by atoms with Crippen LogP contribution in [0.3, 0.4) is 0 Å². The van der Waals surface area contributed by atoms with Crippen molar-refractivity contribution in [2.45, 2.75) is 6.92 Å². The van der Waals surface area contributed by atoms with E-state index in [9.17, 15) is 10.0 Å². The number of benzene rings is 1. The van der Waals surface area contributed by atoms with E-state index in [2.05, 4.69) is 10.3 Å². The fourth-order valence-corrected chi connectivity index (χ4v) is 2.66. The molecule has 1 aromatic heterocycles. The maximum absolute atomic E-state index is 12.2. The first-order valence-corrected chi connectivity index (χ1v) is 8.13. The van der Waals surface area contributed by atoms with Crippen molar-refractivity contribution >= 4 is 55.1 Å². The van der Waals surface area contributed by atoms with Crippen molar-refractivity contribution in [3.63, 3.8) is 0 Å². The second-order valence-corrected chi connectivity index (χ2v) is 6.52. The van der Waals surface area contributed by atoms with Gasteiger partial charge < -0.3 is 0 Å². The first-order chi connectivity index (χ1) is 9.47. The van der Waals surface area contributed by atoms with Gasteiger partial charge in [-0.25, -0.2) is 0 Å². The molecule has 1 aromatic carbocycles. The van der Waals surface area contributed by atoms with Crippen LogP contribution in [-0.2, 0) is 0 Å². The van der Waals surface area contributed by atoms with Crippen molar-refractivity contribution < 1.29 is 10.0 Å². The molecule has 1 heterocycles. The van der Waals surface area contributed by atoms with Gasteiger partial charge in [-0.2, -0.15) is 0 Å². The molecular formula is C13H11ClN3O2Tl. The number of hydrogen-bond acceptors (Lipinski definition) is 4. The first kappa shape index (κ1) is 15.2. The molecule has 0 aliphatic heterocycles. The second-order valence-electron chi connectivity index (χ2n) is 4.18. The molecule has 2 rings (SSSR count). The predicted octanol–water partition coefficient (Wildman–Crippen LogP) is 2.57. The van der Waals surface area contributed by atoms with Gasteiger partial charge in [-0.1, -0.05) is 0 Å². The van der Waals surface area contributed by atoms with E-state index in [0.717, 1.165) is 8.44 Å². The number of nitrogens with zero attached hydrogens (tertiary/aromatic N) is 2. The van der Waals surface area contributed by atoms with Crippen LogP contribution in [0.4, 0.5) is 11.5 Å². The van der Waals surface area contributed by atoms with Gasteiger partial charge in [0.2, 0.25) is 0 Å².